The number of nitrogen functional groups attached to an aromatic ring is 3. The van der Waals surface area contributed by atoms with Crippen LogP contribution in [0, 0.1) is 69.2 Å². The van der Waals surface area contributed by atoms with Crippen molar-refractivity contribution in [1.29, 1.82) is 0 Å². The Morgan fingerprint density at radius 3 is 0.863 bits per heavy atom. The van der Waals surface area contributed by atoms with Crippen molar-refractivity contribution in [2.45, 2.75) is 138 Å². The standard InChI is InChI=1S/3C29H33FN4O4S.9H2/c3*1-17(2)16-38-21-13-19(12-20(30)14-21)24-10-9-22(27(32-24)23-11-18(3)15-29(23,4)5)28(35)34-39(36,37)26-8-6-7-25(31)33-26;;;;;;;;;/h3*6-14,17-18H,15-16H2,1-5H3,(H2,31,33)(H,34,35);9*1H. The van der Waals surface area contributed by atoms with E-state index in [1.54, 1.807) is 36.4 Å². The van der Waals surface area contributed by atoms with E-state index < -0.39 is 65.2 Å². The summed E-state index contributed by atoms with van der Waals surface area (Å²) in [5, 5.41) is -1.11. The van der Waals surface area contributed by atoms with Crippen LogP contribution in [0.1, 0.15) is 184 Å². The van der Waals surface area contributed by atoms with Gasteiger partial charge in [0, 0.05) is 47.7 Å². The average Bonchev–Trinajstić information content (AvgIpc) is 1.53. The molecule has 0 radical (unpaired) electrons. The highest BCUT2D eigenvalue weighted by molar-refractivity contribution is 7.90. The summed E-state index contributed by atoms with van der Waals surface area (Å²) < 4.78 is 145. The molecule has 3 aromatic carbocycles. The molecular weight excluding hydrogens is 1560 g/mol. The van der Waals surface area contributed by atoms with Crippen LogP contribution in [0.5, 0.6) is 17.2 Å². The van der Waals surface area contributed by atoms with Crippen molar-refractivity contribution in [3.05, 3.63) is 215 Å². The van der Waals surface area contributed by atoms with Crippen molar-refractivity contribution in [2.24, 2.45) is 51.8 Å². The molecule has 0 saturated heterocycles. The molecule has 3 aliphatic carbocycles. The van der Waals surface area contributed by atoms with Gasteiger partial charge in [0.05, 0.1) is 70.7 Å². The Hall–Kier alpha value is -11.4. The lowest BCUT2D eigenvalue weighted by molar-refractivity contribution is 0.0971. The highest BCUT2D eigenvalue weighted by Crippen LogP contribution is 2.50. The van der Waals surface area contributed by atoms with Gasteiger partial charge in [-0.15, -0.1) is 0 Å². The second kappa shape index (κ2) is 35.6. The topological polar surface area (TPSA) is 373 Å². The van der Waals surface area contributed by atoms with E-state index in [0.29, 0.717) is 87.9 Å². The molecule has 9 N–H and O–H groups in total. The third-order valence-corrected chi connectivity index (χ3v) is 22.9. The molecule has 6 aromatic heterocycles. The van der Waals surface area contributed by atoms with Gasteiger partial charge in [-0.1, -0.05) is 140 Å². The zero-order valence-corrected chi connectivity index (χ0v) is 70.4. The fraction of sp³-hybridized carbons (Fsp3) is 0.345. The van der Waals surface area contributed by atoms with E-state index in [1.165, 1.54) is 109 Å². The minimum absolute atomic E-state index is 0. The maximum atomic E-state index is 14.5. The van der Waals surface area contributed by atoms with Gasteiger partial charge in [0.15, 0.2) is 15.1 Å². The number of halogens is 3. The lowest BCUT2D eigenvalue weighted by Gasteiger charge is -2.24. The number of allylic oxidation sites excluding steroid dienone is 6. The van der Waals surface area contributed by atoms with Crippen LogP contribution in [0.2, 0.25) is 0 Å². The number of carbonyl (C=O) groups excluding carboxylic acids is 3. The summed E-state index contributed by atoms with van der Waals surface area (Å²) in [6, 6.07) is 34.7. The number of aromatic nitrogens is 6. The van der Waals surface area contributed by atoms with Gasteiger partial charge in [-0.25, -0.2) is 57.2 Å². The number of amides is 3. The SMILES string of the molecule is CC(C)COc1cc(F)cc(-c2ccc(C(=O)NS(=O)(=O)c3cccc(N)n3)c(C3=CC(C)CC3(C)C)n2)c1.CC(C)COc1cc(F)cc(-c2ccc(C(=O)NS(=O)(=O)c3cccc(N)n3)c(C3=CC(C)CC3(C)C)n2)c1.CC(C)COc1cc(F)cc(-c2ccc(C(=O)NS(=O)(=O)c3cccc(N)n3)c(C3=CC(C)CC3(C)C)n2)c1.[HH].[HH].[HH].[HH].[HH].[HH].[HH].[HH].[HH]. The number of pyridine rings is 6. The van der Waals surface area contributed by atoms with Crippen molar-refractivity contribution >= 4 is 82.0 Å². The molecule has 12 rings (SSSR count). The maximum absolute atomic E-state index is 14.5. The molecule has 636 valence electrons. The number of hydrogen-bond donors (Lipinski definition) is 6. The molecule has 3 aliphatic rings. The molecule has 117 heavy (non-hydrogen) atoms. The van der Waals surface area contributed by atoms with E-state index >= 15 is 0 Å². The van der Waals surface area contributed by atoms with E-state index in [0.717, 1.165) is 36.0 Å². The number of hydrogen-bond acceptors (Lipinski definition) is 21. The van der Waals surface area contributed by atoms with E-state index in [2.05, 4.69) is 49.9 Å². The summed E-state index contributed by atoms with van der Waals surface area (Å²) >= 11 is 0. The first-order chi connectivity index (χ1) is 54.7. The van der Waals surface area contributed by atoms with E-state index in [4.69, 9.17) is 46.4 Å². The second-order valence-electron chi connectivity index (χ2n) is 32.9. The molecule has 9 aromatic rings. The molecule has 0 aliphatic heterocycles. The number of nitrogens with zero attached hydrogens (tertiary/aromatic N) is 6. The van der Waals surface area contributed by atoms with Crippen LogP contribution in [0.15, 0.2) is 179 Å². The smallest absolute Gasteiger partial charge is 0.281 e. The normalized spacial score (nSPS) is 16.7. The third kappa shape index (κ3) is 22.2. The van der Waals surface area contributed by atoms with Crippen molar-refractivity contribution in [3.63, 3.8) is 0 Å². The summed E-state index contributed by atoms with van der Waals surface area (Å²) in [5.41, 5.74) is 22.3. The molecule has 3 unspecified atom stereocenters. The summed E-state index contributed by atoms with van der Waals surface area (Å²) in [6.07, 6.45) is 8.61. The van der Waals surface area contributed by atoms with Crippen LogP contribution in [-0.4, -0.2) is 92.7 Å². The average molecular weight is 1680 g/mol. The van der Waals surface area contributed by atoms with Crippen molar-refractivity contribution in [2.75, 3.05) is 37.0 Å². The van der Waals surface area contributed by atoms with Crippen LogP contribution < -0.4 is 45.6 Å². The molecule has 0 bridgehead atoms. The van der Waals surface area contributed by atoms with E-state index in [1.807, 2.05) is 101 Å². The van der Waals surface area contributed by atoms with Gasteiger partial charge in [-0.05, 0) is 197 Å². The molecule has 30 heteroatoms. The van der Waals surface area contributed by atoms with Gasteiger partial charge >= 0.3 is 0 Å². The minimum Gasteiger partial charge on any atom is -0.493 e. The maximum Gasteiger partial charge on any atom is 0.281 e. The predicted octanol–water partition coefficient (Wildman–Crippen LogP) is 18.6. The quantitative estimate of drug-likeness (QED) is 0.0327. The molecule has 0 fully saturated rings. The Balaban J connectivity index is 0.000000912. The van der Waals surface area contributed by atoms with Crippen LogP contribution in [0.25, 0.3) is 50.5 Å². The third-order valence-electron chi connectivity index (χ3n) is 19.2. The molecule has 24 nitrogen and oxygen atoms in total. The zero-order chi connectivity index (χ0) is 85.6. The summed E-state index contributed by atoms with van der Waals surface area (Å²) in [6.45, 7) is 31.8. The van der Waals surface area contributed by atoms with Crippen LogP contribution in [0.3, 0.4) is 0 Å². The lowest BCUT2D eigenvalue weighted by atomic mass is 9.82. The Bertz CT molecular complexity index is 5250. The molecule has 3 atom stereocenters. The van der Waals surface area contributed by atoms with E-state index in [-0.39, 0.29) is 114 Å². The predicted molar refractivity (Wildman–Crippen MR) is 465 cm³/mol. The highest BCUT2D eigenvalue weighted by Gasteiger charge is 2.40. The number of nitrogens with one attached hydrogen (secondary N) is 3. The fourth-order valence-electron chi connectivity index (χ4n) is 14.3. The van der Waals surface area contributed by atoms with Crippen LogP contribution in [0.4, 0.5) is 30.6 Å². The van der Waals surface area contributed by atoms with Crippen molar-refractivity contribution in [1.82, 2.24) is 44.1 Å². The zero-order valence-electron chi connectivity index (χ0n) is 68.0. The number of ether oxygens (including phenoxy) is 3. The molecule has 0 saturated carbocycles. The number of sulfonamides is 3. The van der Waals surface area contributed by atoms with Gasteiger partial charge in [-0.3, -0.25) is 14.4 Å². The van der Waals surface area contributed by atoms with Gasteiger partial charge in [-0.2, -0.15) is 25.3 Å². The molecule has 0 spiro atoms. The van der Waals surface area contributed by atoms with Gasteiger partial charge in [0.1, 0.15) is 52.2 Å². The fourth-order valence-corrected chi connectivity index (χ4v) is 17.1. The number of anilines is 3. The Morgan fingerprint density at radius 1 is 0.402 bits per heavy atom. The number of benzene rings is 3. The lowest BCUT2D eigenvalue weighted by Crippen LogP contribution is -2.32. The van der Waals surface area contributed by atoms with Crippen LogP contribution in [-0.2, 0) is 30.1 Å². The second-order valence-corrected chi connectivity index (χ2v) is 37.8. The Morgan fingerprint density at radius 2 is 0.650 bits per heavy atom. The van der Waals surface area contributed by atoms with Gasteiger partial charge < -0.3 is 31.4 Å². The number of nitrogens with two attached hydrogens (primary N) is 3. The largest absolute Gasteiger partial charge is 0.493 e. The summed E-state index contributed by atoms with van der Waals surface area (Å²) in [7, 11) is -12.9. The van der Waals surface area contributed by atoms with Crippen LogP contribution >= 0.6 is 0 Å². The van der Waals surface area contributed by atoms with E-state index in [9.17, 15) is 52.8 Å². The molecule has 6 heterocycles. The van der Waals surface area contributed by atoms with Crippen molar-refractivity contribution < 1.29 is 79.9 Å². The Labute approximate surface area is 695 Å². The monoisotopic (exact) mass is 1670 g/mol. The minimum atomic E-state index is -4.30. The first-order valence-corrected chi connectivity index (χ1v) is 42.6. The molecular formula is C87H117F3N12O12S3. The first-order valence-electron chi connectivity index (χ1n) is 38.2. The summed E-state index contributed by atoms with van der Waals surface area (Å²) in [4.78, 5) is 66.0. The van der Waals surface area contributed by atoms with Gasteiger partial charge in [0.2, 0.25) is 0 Å². The molecule has 3 amide bonds. The summed E-state index contributed by atoms with van der Waals surface area (Å²) in [5.74, 6) is -1.41. The van der Waals surface area contributed by atoms with Gasteiger partial charge in [0.25, 0.3) is 47.8 Å². The highest BCUT2D eigenvalue weighted by atomic mass is 32.2. The van der Waals surface area contributed by atoms with Crippen molar-refractivity contribution in [3.8, 4) is 51.0 Å². The number of carbonyl (C=O) groups is 3. The Kier molecular flexibility index (Phi) is 26.8. The first kappa shape index (κ1) is 88.0. The number of rotatable bonds is 24.